The molecule has 17 heavy (non-hydrogen) atoms. The molecule has 1 aromatic rings. The van der Waals surface area contributed by atoms with Gasteiger partial charge in [-0.15, -0.1) is 0 Å². The number of pyridine rings is 1. The molecule has 0 aromatic carbocycles. The fraction of sp³-hybridized carbons (Fsp3) is 0.545. The zero-order valence-electron chi connectivity index (χ0n) is 9.47. The first-order chi connectivity index (χ1) is 8.20. The van der Waals surface area contributed by atoms with Gasteiger partial charge in [-0.2, -0.15) is 0 Å². The summed E-state index contributed by atoms with van der Waals surface area (Å²) in [5.74, 6) is 4.20. The van der Waals surface area contributed by atoms with Gasteiger partial charge in [0.1, 0.15) is 0 Å². The second-order valence-electron chi connectivity index (χ2n) is 4.31. The number of rotatable bonds is 5. The van der Waals surface area contributed by atoms with Gasteiger partial charge in [-0.25, -0.2) is 19.6 Å². The maximum Gasteiger partial charge on any atom is 0.178 e. The highest BCUT2D eigenvalue weighted by molar-refractivity contribution is 5.46. The molecule has 0 radical (unpaired) electrons. The molecule has 1 fully saturated rings. The molecule has 4 nitrogen and oxygen atoms in total. The molecule has 1 heterocycles. The third-order valence-corrected chi connectivity index (χ3v) is 3.14. The van der Waals surface area contributed by atoms with Gasteiger partial charge in [-0.1, -0.05) is 19.3 Å². The summed E-state index contributed by atoms with van der Waals surface area (Å²) in [5.41, 5.74) is 2.09. The summed E-state index contributed by atoms with van der Waals surface area (Å²) in [4.78, 5) is 3.73. The van der Waals surface area contributed by atoms with Gasteiger partial charge in [-0.3, -0.25) is 0 Å². The molecule has 1 aliphatic rings. The van der Waals surface area contributed by atoms with Crippen LogP contribution < -0.4 is 16.6 Å². The lowest BCUT2D eigenvalue weighted by Gasteiger charge is -2.25. The number of aromatic nitrogens is 1. The lowest BCUT2D eigenvalue weighted by Crippen LogP contribution is -2.17. The maximum absolute atomic E-state index is 13.4. The monoisotopic (exact) mass is 242 g/mol. The van der Waals surface area contributed by atoms with E-state index in [4.69, 9.17) is 5.84 Å². The van der Waals surface area contributed by atoms with Gasteiger partial charge in [0.05, 0.1) is 0 Å². The SMILES string of the molecule is NNc1nc(NCCC2CCC2)c(F)cc1F. The Kier molecular flexibility index (Phi) is 3.73. The predicted molar refractivity (Wildman–Crippen MR) is 62.4 cm³/mol. The minimum atomic E-state index is -0.797. The number of nitrogen functional groups attached to an aromatic ring is 1. The first-order valence-corrected chi connectivity index (χ1v) is 5.77. The summed E-state index contributed by atoms with van der Waals surface area (Å²) < 4.78 is 26.4. The molecular formula is C11H16F2N4. The summed E-state index contributed by atoms with van der Waals surface area (Å²) in [7, 11) is 0. The van der Waals surface area contributed by atoms with Crippen molar-refractivity contribution >= 4 is 11.6 Å². The van der Waals surface area contributed by atoms with Crippen LogP contribution in [0.25, 0.3) is 0 Å². The molecule has 0 saturated heterocycles. The lowest BCUT2D eigenvalue weighted by atomic mass is 9.83. The second kappa shape index (κ2) is 5.27. The summed E-state index contributed by atoms with van der Waals surface area (Å²) >= 11 is 0. The molecule has 1 saturated carbocycles. The quantitative estimate of drug-likeness (QED) is 0.547. The molecule has 1 aromatic heterocycles. The van der Waals surface area contributed by atoms with Crippen molar-refractivity contribution in [3.63, 3.8) is 0 Å². The van der Waals surface area contributed by atoms with Gasteiger partial charge >= 0.3 is 0 Å². The number of hydrogen-bond acceptors (Lipinski definition) is 4. The Hall–Kier alpha value is -1.43. The van der Waals surface area contributed by atoms with E-state index >= 15 is 0 Å². The van der Waals surface area contributed by atoms with E-state index in [0.29, 0.717) is 6.54 Å². The van der Waals surface area contributed by atoms with Crippen molar-refractivity contribution in [2.45, 2.75) is 25.7 Å². The van der Waals surface area contributed by atoms with Crippen LogP contribution in [0.4, 0.5) is 20.4 Å². The Morgan fingerprint density at radius 2 is 2.00 bits per heavy atom. The van der Waals surface area contributed by atoms with Gasteiger partial charge in [-0.05, 0) is 12.3 Å². The average Bonchev–Trinajstić information content (AvgIpc) is 2.24. The predicted octanol–water partition coefficient (Wildman–Crippen LogP) is 2.25. The highest BCUT2D eigenvalue weighted by Gasteiger charge is 2.17. The smallest absolute Gasteiger partial charge is 0.178 e. The van der Waals surface area contributed by atoms with Crippen molar-refractivity contribution < 1.29 is 8.78 Å². The standard InChI is InChI=1S/C11H16F2N4/c12-8-6-9(13)11(17-14)16-10(8)15-5-4-7-2-1-3-7/h6-7H,1-5,14H2,(H2,15,16,17). The molecule has 0 bridgehead atoms. The summed E-state index contributed by atoms with van der Waals surface area (Å²) in [6.45, 7) is 0.643. The van der Waals surface area contributed by atoms with Gasteiger partial charge in [0.2, 0.25) is 0 Å². The minimum Gasteiger partial charge on any atom is -0.368 e. The normalized spacial score (nSPS) is 15.5. The van der Waals surface area contributed by atoms with E-state index in [-0.39, 0.29) is 11.6 Å². The van der Waals surface area contributed by atoms with Gasteiger partial charge in [0.15, 0.2) is 23.3 Å². The zero-order valence-corrected chi connectivity index (χ0v) is 9.47. The lowest BCUT2D eigenvalue weighted by molar-refractivity contribution is 0.302. The number of hydrazine groups is 1. The van der Waals surface area contributed by atoms with Gasteiger partial charge in [0.25, 0.3) is 0 Å². The number of nitrogens with one attached hydrogen (secondary N) is 2. The number of nitrogens with zero attached hydrogens (tertiary/aromatic N) is 1. The van der Waals surface area contributed by atoms with E-state index in [1.165, 1.54) is 19.3 Å². The van der Waals surface area contributed by atoms with E-state index in [9.17, 15) is 8.78 Å². The van der Waals surface area contributed by atoms with Crippen LogP contribution in [0, 0.1) is 17.6 Å². The maximum atomic E-state index is 13.4. The van der Waals surface area contributed by atoms with E-state index in [1.54, 1.807) is 0 Å². The highest BCUT2D eigenvalue weighted by Crippen LogP contribution is 2.29. The van der Waals surface area contributed by atoms with Crippen molar-refractivity contribution in [3.8, 4) is 0 Å². The molecule has 0 spiro atoms. The van der Waals surface area contributed by atoms with Crippen LogP contribution in [-0.2, 0) is 0 Å². The molecule has 6 heteroatoms. The van der Waals surface area contributed by atoms with Crippen molar-refractivity contribution in [2.75, 3.05) is 17.3 Å². The fourth-order valence-corrected chi connectivity index (χ4v) is 1.87. The van der Waals surface area contributed by atoms with E-state index in [0.717, 1.165) is 18.4 Å². The van der Waals surface area contributed by atoms with E-state index in [1.807, 2.05) is 0 Å². The third-order valence-electron chi connectivity index (χ3n) is 3.14. The summed E-state index contributed by atoms with van der Waals surface area (Å²) in [6.07, 6.45) is 4.77. The van der Waals surface area contributed by atoms with Gasteiger partial charge < -0.3 is 10.7 Å². The molecule has 2 rings (SSSR count). The van der Waals surface area contributed by atoms with Crippen LogP contribution in [0.2, 0.25) is 0 Å². The van der Waals surface area contributed by atoms with E-state index < -0.39 is 11.6 Å². The van der Waals surface area contributed by atoms with Crippen LogP contribution >= 0.6 is 0 Å². The number of nitrogens with two attached hydrogens (primary N) is 1. The first kappa shape index (κ1) is 12.0. The Labute approximate surface area is 98.6 Å². The van der Waals surface area contributed by atoms with Crippen LogP contribution in [0.5, 0.6) is 0 Å². The molecule has 0 aliphatic heterocycles. The molecular weight excluding hydrogens is 226 g/mol. The molecule has 1 aliphatic carbocycles. The topological polar surface area (TPSA) is 63.0 Å². The first-order valence-electron chi connectivity index (χ1n) is 5.77. The molecule has 0 atom stereocenters. The Balaban J connectivity index is 1.94. The third kappa shape index (κ3) is 2.82. The highest BCUT2D eigenvalue weighted by atomic mass is 19.1. The number of halogens is 2. The summed E-state index contributed by atoms with van der Waals surface area (Å²) in [6, 6.07) is 0.772. The van der Waals surface area contributed by atoms with Crippen molar-refractivity contribution in [2.24, 2.45) is 11.8 Å². The van der Waals surface area contributed by atoms with Gasteiger partial charge in [0, 0.05) is 12.6 Å². The Bertz CT molecular complexity index is 393. The summed E-state index contributed by atoms with van der Waals surface area (Å²) in [5, 5.41) is 2.87. The van der Waals surface area contributed by atoms with Crippen molar-refractivity contribution in [1.29, 1.82) is 0 Å². The Morgan fingerprint density at radius 1 is 1.29 bits per heavy atom. The van der Waals surface area contributed by atoms with Crippen LogP contribution in [-0.4, -0.2) is 11.5 Å². The molecule has 94 valence electrons. The van der Waals surface area contributed by atoms with Crippen molar-refractivity contribution in [1.82, 2.24) is 4.98 Å². The average molecular weight is 242 g/mol. The molecule has 0 unspecified atom stereocenters. The largest absolute Gasteiger partial charge is 0.368 e. The van der Waals surface area contributed by atoms with Crippen LogP contribution in [0.15, 0.2) is 6.07 Å². The van der Waals surface area contributed by atoms with Crippen LogP contribution in [0.3, 0.4) is 0 Å². The molecule has 0 amide bonds. The number of anilines is 2. The van der Waals surface area contributed by atoms with Crippen LogP contribution in [0.1, 0.15) is 25.7 Å². The minimum absolute atomic E-state index is 0.0404. The fourth-order valence-electron chi connectivity index (χ4n) is 1.87. The Morgan fingerprint density at radius 3 is 2.59 bits per heavy atom. The number of hydrogen-bond donors (Lipinski definition) is 3. The molecule has 4 N–H and O–H groups in total. The van der Waals surface area contributed by atoms with E-state index in [2.05, 4.69) is 15.7 Å². The zero-order chi connectivity index (χ0) is 12.3. The van der Waals surface area contributed by atoms with Crippen molar-refractivity contribution in [3.05, 3.63) is 17.7 Å². The second-order valence-corrected chi connectivity index (χ2v) is 4.31.